The van der Waals surface area contributed by atoms with Crippen molar-refractivity contribution in [2.75, 3.05) is 12.4 Å². The molecule has 2 aromatic carbocycles. The standard InChI is InChI=1S/C29H32ClFN6O/c1-16-10-22(38-3)11-17(2)27(16)18-12-26-28(35-21-7-5-20(32)6-8-21)23(14-34-37(26)15-18)29(33)36-25-13-19(31)4-9-24(25)30/h4,9-15,20-21,35H,5-8,32H2,1-3H3,(H2,33,36). The van der Waals surface area contributed by atoms with Crippen LogP contribution in [0.5, 0.6) is 5.75 Å². The molecule has 4 aromatic rings. The minimum absolute atomic E-state index is 0.196. The van der Waals surface area contributed by atoms with Gasteiger partial charge in [-0.1, -0.05) is 11.6 Å². The summed E-state index contributed by atoms with van der Waals surface area (Å²) in [4.78, 5) is 4.47. The Morgan fingerprint density at radius 2 is 1.84 bits per heavy atom. The van der Waals surface area contributed by atoms with Gasteiger partial charge in [0, 0.05) is 29.9 Å². The van der Waals surface area contributed by atoms with Crippen molar-refractivity contribution in [3.63, 3.8) is 0 Å². The van der Waals surface area contributed by atoms with Crippen LogP contribution in [0.4, 0.5) is 15.8 Å². The van der Waals surface area contributed by atoms with Gasteiger partial charge in [0.05, 0.1) is 40.8 Å². The van der Waals surface area contributed by atoms with Crippen LogP contribution in [-0.2, 0) is 0 Å². The number of halogens is 2. The number of anilines is 1. The fourth-order valence-corrected chi connectivity index (χ4v) is 5.43. The van der Waals surface area contributed by atoms with Crippen molar-refractivity contribution in [3.8, 4) is 16.9 Å². The van der Waals surface area contributed by atoms with Gasteiger partial charge in [-0.25, -0.2) is 13.9 Å². The SMILES string of the molecule is COc1cc(C)c(-c2cc3c(NC4CCC(N)CC4)c(C(N)=Nc4cc(F)ccc4Cl)cnn3c2)c(C)c1. The molecule has 1 saturated carbocycles. The van der Waals surface area contributed by atoms with E-state index in [2.05, 4.69) is 35.3 Å². The lowest BCUT2D eigenvalue weighted by Crippen LogP contribution is -2.33. The van der Waals surface area contributed by atoms with E-state index in [1.807, 2.05) is 22.8 Å². The molecular formula is C29H32ClFN6O. The third kappa shape index (κ3) is 5.19. The normalized spacial score (nSPS) is 18.1. The molecule has 7 nitrogen and oxygen atoms in total. The summed E-state index contributed by atoms with van der Waals surface area (Å²) in [7, 11) is 1.67. The van der Waals surface area contributed by atoms with E-state index in [1.165, 1.54) is 18.2 Å². The lowest BCUT2D eigenvalue weighted by atomic mass is 9.91. The van der Waals surface area contributed by atoms with Gasteiger partial charge < -0.3 is 21.5 Å². The summed E-state index contributed by atoms with van der Waals surface area (Å²) in [5.74, 6) is 0.584. The molecule has 0 unspecified atom stereocenters. The number of fused-ring (bicyclic) bond motifs is 1. The van der Waals surface area contributed by atoms with Gasteiger partial charge in [-0.2, -0.15) is 5.10 Å². The number of hydrogen-bond donors (Lipinski definition) is 3. The second kappa shape index (κ2) is 10.6. The van der Waals surface area contributed by atoms with Crippen molar-refractivity contribution < 1.29 is 9.13 Å². The molecule has 0 aliphatic heterocycles. The second-order valence-electron chi connectivity index (χ2n) is 9.98. The molecule has 1 aliphatic rings. The Morgan fingerprint density at radius 3 is 2.53 bits per heavy atom. The van der Waals surface area contributed by atoms with Crippen molar-refractivity contribution in [1.82, 2.24) is 9.61 Å². The maximum atomic E-state index is 13.9. The molecule has 2 aromatic heterocycles. The average Bonchev–Trinajstić information content (AvgIpc) is 3.31. The zero-order chi connectivity index (χ0) is 27.0. The molecule has 0 saturated heterocycles. The number of aryl methyl sites for hydroxylation is 2. The van der Waals surface area contributed by atoms with Crippen molar-refractivity contribution in [2.45, 2.75) is 51.6 Å². The van der Waals surface area contributed by atoms with E-state index in [0.717, 1.165) is 64.9 Å². The van der Waals surface area contributed by atoms with Crippen LogP contribution < -0.4 is 21.5 Å². The number of methoxy groups -OCH3 is 1. The third-order valence-electron chi connectivity index (χ3n) is 7.21. The largest absolute Gasteiger partial charge is 0.497 e. The number of aliphatic imine (C=N–C) groups is 1. The van der Waals surface area contributed by atoms with Crippen molar-refractivity contribution in [3.05, 3.63) is 76.3 Å². The quantitative estimate of drug-likeness (QED) is 0.204. The van der Waals surface area contributed by atoms with Crippen LogP contribution in [0.1, 0.15) is 42.4 Å². The third-order valence-corrected chi connectivity index (χ3v) is 7.53. The Morgan fingerprint density at radius 1 is 1.13 bits per heavy atom. The average molecular weight is 535 g/mol. The summed E-state index contributed by atoms with van der Waals surface area (Å²) in [6.07, 6.45) is 7.51. The second-order valence-corrected chi connectivity index (χ2v) is 10.4. The first kappa shape index (κ1) is 26.0. The van der Waals surface area contributed by atoms with Crippen LogP contribution in [0.2, 0.25) is 5.02 Å². The minimum Gasteiger partial charge on any atom is -0.497 e. The fourth-order valence-electron chi connectivity index (χ4n) is 5.27. The topological polar surface area (TPSA) is 103 Å². The van der Waals surface area contributed by atoms with Gasteiger partial charge in [-0.15, -0.1) is 0 Å². The summed E-state index contributed by atoms with van der Waals surface area (Å²) < 4.78 is 21.2. The summed E-state index contributed by atoms with van der Waals surface area (Å²) in [5, 5.41) is 8.68. The van der Waals surface area contributed by atoms with Crippen LogP contribution in [0, 0.1) is 19.7 Å². The van der Waals surface area contributed by atoms with E-state index in [0.29, 0.717) is 10.6 Å². The van der Waals surface area contributed by atoms with E-state index in [-0.39, 0.29) is 23.6 Å². The highest BCUT2D eigenvalue weighted by atomic mass is 35.5. The van der Waals surface area contributed by atoms with Gasteiger partial charge in [-0.3, -0.25) is 0 Å². The minimum atomic E-state index is -0.437. The van der Waals surface area contributed by atoms with E-state index >= 15 is 0 Å². The number of nitrogens with one attached hydrogen (secondary N) is 1. The molecule has 0 amide bonds. The molecule has 38 heavy (non-hydrogen) atoms. The van der Waals surface area contributed by atoms with E-state index in [1.54, 1.807) is 13.3 Å². The number of aromatic nitrogens is 2. The predicted octanol–water partition coefficient (Wildman–Crippen LogP) is 6.14. The molecule has 0 spiro atoms. The predicted molar refractivity (Wildman–Crippen MR) is 152 cm³/mol. The zero-order valence-corrected chi connectivity index (χ0v) is 22.5. The number of hydrogen-bond acceptors (Lipinski definition) is 5. The highest BCUT2D eigenvalue weighted by Gasteiger charge is 2.23. The maximum absolute atomic E-state index is 13.9. The van der Waals surface area contributed by atoms with Crippen molar-refractivity contribution in [2.24, 2.45) is 16.5 Å². The van der Waals surface area contributed by atoms with Gasteiger partial charge in [-0.05, 0) is 86.6 Å². The van der Waals surface area contributed by atoms with Crippen LogP contribution in [0.3, 0.4) is 0 Å². The molecule has 1 aliphatic carbocycles. The highest BCUT2D eigenvalue weighted by molar-refractivity contribution is 6.33. The maximum Gasteiger partial charge on any atom is 0.135 e. The summed E-state index contributed by atoms with van der Waals surface area (Å²) in [5.41, 5.74) is 19.6. The number of nitrogens with zero attached hydrogens (tertiary/aromatic N) is 3. The number of ether oxygens (including phenoxy) is 1. The molecule has 0 radical (unpaired) electrons. The number of rotatable bonds is 6. The van der Waals surface area contributed by atoms with Gasteiger partial charge in [0.25, 0.3) is 0 Å². The van der Waals surface area contributed by atoms with Crippen LogP contribution in [0.15, 0.2) is 53.8 Å². The molecular weight excluding hydrogens is 503 g/mol. The molecule has 198 valence electrons. The van der Waals surface area contributed by atoms with Gasteiger partial charge in [0.15, 0.2) is 0 Å². The Balaban J connectivity index is 1.64. The van der Waals surface area contributed by atoms with Gasteiger partial charge in [0.1, 0.15) is 17.4 Å². The lowest BCUT2D eigenvalue weighted by molar-refractivity contribution is 0.411. The van der Waals surface area contributed by atoms with Crippen molar-refractivity contribution in [1.29, 1.82) is 0 Å². The smallest absolute Gasteiger partial charge is 0.135 e. The summed E-state index contributed by atoms with van der Waals surface area (Å²) >= 11 is 6.27. The molecule has 0 atom stereocenters. The van der Waals surface area contributed by atoms with Crippen LogP contribution in [-0.4, -0.2) is 34.6 Å². The molecule has 1 fully saturated rings. The first-order valence-electron chi connectivity index (χ1n) is 12.7. The number of benzene rings is 2. The first-order chi connectivity index (χ1) is 18.2. The number of nitrogens with two attached hydrogens (primary N) is 2. The van der Waals surface area contributed by atoms with E-state index in [4.69, 9.17) is 27.8 Å². The fraction of sp³-hybridized carbons (Fsp3) is 0.310. The molecule has 2 heterocycles. The zero-order valence-electron chi connectivity index (χ0n) is 21.8. The first-order valence-corrected chi connectivity index (χ1v) is 13.1. The Labute approximate surface area is 226 Å². The Bertz CT molecular complexity index is 1500. The van der Waals surface area contributed by atoms with Gasteiger partial charge >= 0.3 is 0 Å². The van der Waals surface area contributed by atoms with E-state index < -0.39 is 5.82 Å². The molecule has 9 heteroatoms. The monoisotopic (exact) mass is 534 g/mol. The van der Waals surface area contributed by atoms with Crippen LogP contribution >= 0.6 is 11.6 Å². The molecule has 5 rings (SSSR count). The van der Waals surface area contributed by atoms with Crippen LogP contribution in [0.25, 0.3) is 16.6 Å². The molecule has 0 bridgehead atoms. The summed E-state index contributed by atoms with van der Waals surface area (Å²) in [6.45, 7) is 4.15. The Hall–Kier alpha value is -3.62. The van der Waals surface area contributed by atoms with Crippen molar-refractivity contribution >= 4 is 34.3 Å². The van der Waals surface area contributed by atoms with Gasteiger partial charge in [0.2, 0.25) is 0 Å². The van der Waals surface area contributed by atoms with E-state index in [9.17, 15) is 4.39 Å². The molecule has 5 N–H and O–H groups in total. The summed E-state index contributed by atoms with van der Waals surface area (Å²) in [6, 6.07) is 10.6. The highest BCUT2D eigenvalue weighted by Crippen LogP contribution is 2.36. The lowest BCUT2D eigenvalue weighted by Gasteiger charge is -2.28. The Kier molecular flexibility index (Phi) is 7.27. The number of amidine groups is 1.